The Hall–Kier alpha value is -1.49. The third-order valence-corrected chi connectivity index (χ3v) is 7.06. The van der Waals surface area contributed by atoms with Crippen LogP contribution in [0.3, 0.4) is 0 Å². The van der Waals surface area contributed by atoms with Gasteiger partial charge in [-0.1, -0.05) is 19.3 Å². The maximum absolute atomic E-state index is 13.9. The number of amides is 1. The van der Waals surface area contributed by atoms with Crippen molar-refractivity contribution in [2.45, 2.75) is 62.8 Å². The van der Waals surface area contributed by atoms with Crippen LogP contribution in [0.4, 0.5) is 19.0 Å². The molecule has 1 amide bonds. The predicted octanol–water partition coefficient (Wildman–Crippen LogP) is 6.07. The van der Waals surface area contributed by atoms with Crippen LogP contribution in [0.1, 0.15) is 66.9 Å². The third kappa shape index (κ3) is 4.02. The molecule has 1 aliphatic carbocycles. The first-order valence-electron chi connectivity index (χ1n) is 9.80. The summed E-state index contributed by atoms with van der Waals surface area (Å²) in [6, 6.07) is 0.756. The van der Waals surface area contributed by atoms with Crippen LogP contribution in [0.25, 0.3) is 0 Å². The number of carbonyl (C=O) groups is 1. The fraction of sp³-hybridized carbons (Fsp3) is 0.579. The number of halogens is 5. The fourth-order valence-corrected chi connectivity index (χ4v) is 5.09. The van der Waals surface area contributed by atoms with Gasteiger partial charge in [-0.05, 0) is 56.8 Å². The molecule has 4 rings (SSSR count). The molecule has 0 unspecified atom stereocenters. The highest BCUT2D eigenvalue weighted by atomic mass is 79.9. The van der Waals surface area contributed by atoms with Crippen molar-refractivity contribution in [3.63, 3.8) is 0 Å². The van der Waals surface area contributed by atoms with E-state index in [9.17, 15) is 18.0 Å². The summed E-state index contributed by atoms with van der Waals surface area (Å²) in [7, 11) is 1.70. The molecule has 164 valence electrons. The van der Waals surface area contributed by atoms with Gasteiger partial charge in [-0.15, -0.1) is 0 Å². The van der Waals surface area contributed by atoms with E-state index in [4.69, 9.17) is 4.42 Å². The van der Waals surface area contributed by atoms with Crippen molar-refractivity contribution in [3.8, 4) is 0 Å². The molecule has 1 fully saturated rings. The second-order valence-electron chi connectivity index (χ2n) is 7.80. The monoisotopic (exact) mass is 552 g/mol. The zero-order valence-electron chi connectivity index (χ0n) is 16.2. The topological polar surface area (TPSA) is 63.3 Å². The van der Waals surface area contributed by atoms with E-state index in [0.717, 1.165) is 36.8 Å². The Balaban J connectivity index is 1.68. The molecule has 2 aromatic heterocycles. The van der Waals surface area contributed by atoms with E-state index in [0.29, 0.717) is 10.4 Å². The Morgan fingerprint density at radius 1 is 1.27 bits per heavy atom. The Morgan fingerprint density at radius 3 is 2.57 bits per heavy atom. The zero-order chi connectivity index (χ0) is 21.6. The van der Waals surface area contributed by atoms with Gasteiger partial charge in [-0.2, -0.15) is 18.3 Å². The first-order valence-corrected chi connectivity index (χ1v) is 11.4. The highest BCUT2D eigenvalue weighted by Crippen LogP contribution is 2.46. The molecule has 0 radical (unpaired) electrons. The summed E-state index contributed by atoms with van der Waals surface area (Å²) >= 11 is 6.51. The van der Waals surface area contributed by atoms with Crippen LogP contribution in [0.15, 0.2) is 25.7 Å². The van der Waals surface area contributed by atoms with E-state index in [1.54, 1.807) is 24.1 Å². The van der Waals surface area contributed by atoms with Crippen LogP contribution < -0.4 is 5.32 Å². The summed E-state index contributed by atoms with van der Waals surface area (Å²) in [6.45, 7) is 0. The SMILES string of the molecule is CN(C(=O)c1nn2c(c1Br)N[C@@H](c1ccc(Br)o1)C[C@H]2C(F)(F)F)C1CCCCC1. The summed E-state index contributed by atoms with van der Waals surface area (Å²) in [4.78, 5) is 14.7. The van der Waals surface area contributed by atoms with Gasteiger partial charge in [0.25, 0.3) is 5.91 Å². The molecule has 6 nitrogen and oxygen atoms in total. The molecule has 0 aromatic carbocycles. The number of carbonyl (C=O) groups excluding carboxylic acids is 1. The van der Waals surface area contributed by atoms with Gasteiger partial charge in [0.05, 0.1) is 10.5 Å². The summed E-state index contributed by atoms with van der Waals surface area (Å²) < 4.78 is 48.6. The first kappa shape index (κ1) is 21.7. The standard InChI is InChI=1S/C19H21Br2F3N4O2/c1-27(10-5-3-2-4-6-10)18(29)16-15(21)17-25-11(12-7-8-14(20)30-12)9-13(19(22,23)24)28(17)26-16/h7-8,10-11,13,25H,2-6,9H2,1H3/t11-,13+/m1/s1. The van der Waals surface area contributed by atoms with Crippen LogP contribution >= 0.6 is 31.9 Å². The maximum Gasteiger partial charge on any atom is 0.410 e. The fourth-order valence-electron chi connectivity index (χ4n) is 4.23. The van der Waals surface area contributed by atoms with E-state index in [1.807, 2.05) is 0 Å². The summed E-state index contributed by atoms with van der Waals surface area (Å²) in [5, 5.41) is 7.16. The van der Waals surface area contributed by atoms with Gasteiger partial charge in [-0.25, -0.2) is 4.68 Å². The Bertz CT molecular complexity index is 937. The second kappa shape index (κ2) is 8.22. The molecule has 11 heteroatoms. The van der Waals surface area contributed by atoms with Gasteiger partial charge in [0.2, 0.25) is 0 Å². The number of anilines is 1. The zero-order valence-corrected chi connectivity index (χ0v) is 19.3. The summed E-state index contributed by atoms with van der Waals surface area (Å²) in [6.07, 6.45) is 0.195. The number of fused-ring (bicyclic) bond motifs is 1. The molecular weight excluding hydrogens is 533 g/mol. The molecule has 2 aliphatic rings. The molecule has 3 heterocycles. The quantitative estimate of drug-likeness (QED) is 0.501. The largest absolute Gasteiger partial charge is 0.452 e. The van der Waals surface area contributed by atoms with Crippen molar-refractivity contribution in [3.05, 3.63) is 32.7 Å². The molecule has 2 atom stereocenters. The van der Waals surface area contributed by atoms with Crippen LogP contribution in [-0.4, -0.2) is 39.9 Å². The van der Waals surface area contributed by atoms with Gasteiger partial charge in [0.15, 0.2) is 16.4 Å². The second-order valence-corrected chi connectivity index (χ2v) is 9.37. The van der Waals surface area contributed by atoms with Gasteiger partial charge in [0.1, 0.15) is 11.6 Å². The number of aromatic nitrogens is 2. The minimum Gasteiger partial charge on any atom is -0.452 e. The van der Waals surface area contributed by atoms with Gasteiger partial charge >= 0.3 is 6.18 Å². The van der Waals surface area contributed by atoms with E-state index in [-0.39, 0.29) is 34.4 Å². The van der Waals surface area contributed by atoms with Crippen molar-refractivity contribution in [1.82, 2.24) is 14.7 Å². The van der Waals surface area contributed by atoms with E-state index in [2.05, 4.69) is 42.3 Å². The number of hydrogen-bond donors (Lipinski definition) is 1. The van der Waals surface area contributed by atoms with Crippen molar-refractivity contribution >= 4 is 43.6 Å². The van der Waals surface area contributed by atoms with Crippen LogP contribution in [-0.2, 0) is 0 Å². The average Bonchev–Trinajstić information content (AvgIpc) is 3.29. The summed E-state index contributed by atoms with van der Waals surface area (Å²) in [5.41, 5.74) is -0.0129. The smallest absolute Gasteiger partial charge is 0.410 e. The van der Waals surface area contributed by atoms with Gasteiger partial charge in [-0.3, -0.25) is 4.79 Å². The molecule has 0 bridgehead atoms. The van der Waals surface area contributed by atoms with E-state index < -0.39 is 18.3 Å². The van der Waals surface area contributed by atoms with Crippen LogP contribution in [0, 0.1) is 0 Å². The third-order valence-electron chi connectivity index (χ3n) is 5.88. The predicted molar refractivity (Wildman–Crippen MR) is 111 cm³/mol. The maximum atomic E-state index is 13.9. The van der Waals surface area contributed by atoms with Crippen molar-refractivity contribution in [1.29, 1.82) is 0 Å². The van der Waals surface area contributed by atoms with Gasteiger partial charge < -0.3 is 14.6 Å². The van der Waals surface area contributed by atoms with Crippen molar-refractivity contribution < 1.29 is 22.4 Å². The molecule has 1 saturated carbocycles. The van der Waals surface area contributed by atoms with Crippen LogP contribution in [0.2, 0.25) is 0 Å². The number of alkyl halides is 3. The minimum atomic E-state index is -4.53. The van der Waals surface area contributed by atoms with Crippen molar-refractivity contribution in [2.75, 3.05) is 12.4 Å². The molecule has 30 heavy (non-hydrogen) atoms. The lowest BCUT2D eigenvalue weighted by Gasteiger charge is -2.32. The van der Waals surface area contributed by atoms with E-state index in [1.165, 1.54) is 0 Å². The molecule has 1 N–H and O–H groups in total. The summed E-state index contributed by atoms with van der Waals surface area (Å²) in [5.74, 6) is 0.125. The lowest BCUT2D eigenvalue weighted by Crippen LogP contribution is -2.39. The number of nitrogens with zero attached hydrogens (tertiary/aromatic N) is 3. The Labute approximate surface area is 188 Å². The van der Waals surface area contributed by atoms with Gasteiger partial charge in [0, 0.05) is 19.5 Å². The molecular formula is C19H21Br2F3N4O2. The minimum absolute atomic E-state index is 0.0129. The number of furan rings is 1. The molecule has 0 saturated heterocycles. The lowest BCUT2D eigenvalue weighted by atomic mass is 9.94. The first-order chi connectivity index (χ1) is 14.2. The molecule has 1 aliphatic heterocycles. The highest BCUT2D eigenvalue weighted by Gasteiger charge is 2.48. The number of hydrogen-bond acceptors (Lipinski definition) is 4. The number of nitrogens with one attached hydrogen (secondary N) is 1. The Kier molecular flexibility index (Phi) is 5.95. The normalized spacial score (nSPS) is 22.5. The van der Waals surface area contributed by atoms with Crippen molar-refractivity contribution in [2.24, 2.45) is 0 Å². The van der Waals surface area contributed by atoms with Crippen LogP contribution in [0.5, 0.6) is 0 Å². The van der Waals surface area contributed by atoms with E-state index >= 15 is 0 Å². The highest BCUT2D eigenvalue weighted by molar-refractivity contribution is 9.10. The number of rotatable bonds is 3. The molecule has 0 spiro atoms. The average molecular weight is 554 g/mol. The Morgan fingerprint density at radius 2 is 1.97 bits per heavy atom. The lowest BCUT2D eigenvalue weighted by molar-refractivity contribution is -0.174. The molecule has 2 aromatic rings.